The number of halogens is 2. The standard InChI is InChI=1S/C30H34Cl2N2O4/c1-33(25(35)14-18-5-7-20(31)21(32)13-18)22-9-10-30(36)24-15-19-6-8-23(37-2)27-26(19)29(30,28(22)38-27)11-12-34(24)16-17-3-4-17/h5-8,13,17,22,24,28,36H,3-4,9-12,14-16H2,1-2H3/t22-,24-,28+,29+,30-/m1/s1. The first-order valence-corrected chi connectivity index (χ1v) is 14.6. The van der Waals surface area contributed by atoms with E-state index < -0.39 is 11.0 Å². The van der Waals surface area contributed by atoms with Gasteiger partial charge in [0.15, 0.2) is 11.5 Å². The van der Waals surface area contributed by atoms with Crippen molar-refractivity contribution in [3.05, 3.63) is 57.1 Å². The average molecular weight is 558 g/mol. The molecule has 2 aliphatic heterocycles. The number of nitrogens with zero attached hydrogens (tertiary/aromatic N) is 2. The molecule has 2 heterocycles. The second-order valence-corrected chi connectivity index (χ2v) is 12.8. The van der Waals surface area contributed by atoms with E-state index in [-0.39, 0.29) is 30.5 Å². The fourth-order valence-corrected chi connectivity index (χ4v) is 8.46. The molecule has 5 aliphatic rings. The predicted molar refractivity (Wildman–Crippen MR) is 146 cm³/mol. The number of carbonyl (C=O) groups is 1. The molecule has 1 amide bonds. The molecule has 1 spiro atoms. The summed E-state index contributed by atoms with van der Waals surface area (Å²) < 4.78 is 12.6. The number of hydrogen-bond donors (Lipinski definition) is 1. The van der Waals surface area contributed by atoms with Crippen molar-refractivity contribution in [1.29, 1.82) is 0 Å². The molecule has 2 saturated carbocycles. The van der Waals surface area contributed by atoms with Crippen LogP contribution in [-0.2, 0) is 23.1 Å². The Bertz CT molecular complexity index is 1320. The fourth-order valence-electron chi connectivity index (χ4n) is 8.14. The normalized spacial score (nSPS) is 32.9. The topological polar surface area (TPSA) is 62.2 Å². The smallest absolute Gasteiger partial charge is 0.227 e. The summed E-state index contributed by atoms with van der Waals surface area (Å²) in [6.45, 7) is 2.01. The highest BCUT2D eigenvalue weighted by molar-refractivity contribution is 6.42. The van der Waals surface area contributed by atoms with Gasteiger partial charge in [0.1, 0.15) is 6.10 Å². The van der Waals surface area contributed by atoms with Crippen LogP contribution in [0.2, 0.25) is 10.0 Å². The first-order valence-electron chi connectivity index (χ1n) is 13.8. The molecule has 2 bridgehead atoms. The molecule has 0 radical (unpaired) electrons. The van der Waals surface area contributed by atoms with Crippen LogP contribution in [0.5, 0.6) is 11.5 Å². The Morgan fingerprint density at radius 2 is 2.00 bits per heavy atom. The van der Waals surface area contributed by atoms with Gasteiger partial charge in [-0.3, -0.25) is 9.69 Å². The van der Waals surface area contributed by atoms with Gasteiger partial charge in [0, 0.05) is 25.2 Å². The molecule has 3 fully saturated rings. The monoisotopic (exact) mass is 556 g/mol. The van der Waals surface area contributed by atoms with Crippen LogP contribution >= 0.6 is 23.2 Å². The van der Waals surface area contributed by atoms with Gasteiger partial charge >= 0.3 is 0 Å². The minimum atomic E-state index is -0.903. The van der Waals surface area contributed by atoms with Crippen molar-refractivity contribution in [3.8, 4) is 11.5 Å². The van der Waals surface area contributed by atoms with Gasteiger partial charge in [-0.05, 0) is 80.3 Å². The van der Waals surface area contributed by atoms with Gasteiger partial charge in [-0.15, -0.1) is 0 Å². The van der Waals surface area contributed by atoms with Gasteiger partial charge in [-0.25, -0.2) is 0 Å². The number of piperidine rings is 1. The minimum Gasteiger partial charge on any atom is -0.493 e. The van der Waals surface area contributed by atoms with E-state index in [0.717, 1.165) is 48.7 Å². The molecule has 8 heteroatoms. The zero-order valence-electron chi connectivity index (χ0n) is 21.9. The quantitative estimate of drug-likeness (QED) is 0.561. The number of likely N-dealkylation sites (tertiary alicyclic amines) is 1. The molecule has 2 aromatic carbocycles. The third kappa shape index (κ3) is 3.43. The van der Waals surface area contributed by atoms with E-state index in [1.165, 1.54) is 18.4 Å². The van der Waals surface area contributed by atoms with E-state index in [9.17, 15) is 9.90 Å². The molecule has 38 heavy (non-hydrogen) atoms. The second-order valence-electron chi connectivity index (χ2n) is 12.0. The lowest BCUT2D eigenvalue weighted by molar-refractivity contribution is -0.200. The van der Waals surface area contributed by atoms with Gasteiger partial charge in [0.2, 0.25) is 5.91 Å². The molecular formula is C30H34Cl2N2O4. The predicted octanol–water partition coefficient (Wildman–Crippen LogP) is 4.64. The molecule has 0 unspecified atom stereocenters. The summed E-state index contributed by atoms with van der Waals surface area (Å²) in [5.74, 6) is 2.23. The molecule has 0 aromatic heterocycles. The largest absolute Gasteiger partial charge is 0.493 e. The number of carbonyl (C=O) groups excluding carboxylic acids is 1. The van der Waals surface area contributed by atoms with Crippen LogP contribution in [0.25, 0.3) is 0 Å². The van der Waals surface area contributed by atoms with Gasteiger partial charge in [0.25, 0.3) is 0 Å². The highest BCUT2D eigenvalue weighted by Crippen LogP contribution is 2.66. The van der Waals surface area contributed by atoms with Gasteiger partial charge in [0.05, 0.1) is 40.6 Å². The van der Waals surface area contributed by atoms with Crippen LogP contribution in [0, 0.1) is 5.92 Å². The Hall–Kier alpha value is -1.99. The Labute approximate surface area is 233 Å². The molecule has 3 aliphatic carbocycles. The molecule has 2 aromatic rings. The van der Waals surface area contributed by atoms with E-state index in [0.29, 0.717) is 28.6 Å². The molecule has 6 nitrogen and oxygen atoms in total. The lowest BCUT2D eigenvalue weighted by atomic mass is 9.48. The van der Waals surface area contributed by atoms with E-state index in [4.69, 9.17) is 32.7 Å². The maximum absolute atomic E-state index is 13.6. The molecule has 7 rings (SSSR count). The maximum atomic E-state index is 13.6. The summed E-state index contributed by atoms with van der Waals surface area (Å²) >= 11 is 12.3. The van der Waals surface area contributed by atoms with Crippen molar-refractivity contribution in [2.45, 2.75) is 74.1 Å². The summed E-state index contributed by atoms with van der Waals surface area (Å²) in [7, 11) is 3.54. The van der Waals surface area contributed by atoms with Crippen molar-refractivity contribution in [3.63, 3.8) is 0 Å². The van der Waals surface area contributed by atoms with Crippen molar-refractivity contribution >= 4 is 29.1 Å². The number of hydrogen-bond acceptors (Lipinski definition) is 5. The minimum absolute atomic E-state index is 0.000465. The van der Waals surface area contributed by atoms with E-state index in [1.54, 1.807) is 19.2 Å². The number of likely N-dealkylation sites (N-methyl/N-ethyl adjacent to an activating group) is 1. The number of benzene rings is 2. The fraction of sp³-hybridized carbons (Fsp3) is 0.567. The van der Waals surface area contributed by atoms with Crippen LogP contribution in [0.15, 0.2) is 30.3 Å². The van der Waals surface area contributed by atoms with Gasteiger partial charge in [-0.1, -0.05) is 35.3 Å². The summed E-state index contributed by atoms with van der Waals surface area (Å²) in [6.07, 6.45) is 5.46. The molecule has 1 N–H and O–H groups in total. The van der Waals surface area contributed by atoms with Crippen LogP contribution in [0.4, 0.5) is 0 Å². The summed E-state index contributed by atoms with van der Waals surface area (Å²) in [6, 6.07) is 9.40. The van der Waals surface area contributed by atoms with Crippen molar-refractivity contribution < 1.29 is 19.4 Å². The Morgan fingerprint density at radius 3 is 2.74 bits per heavy atom. The number of aliphatic hydroxyl groups is 1. The molecule has 1 saturated heterocycles. The van der Waals surface area contributed by atoms with E-state index in [2.05, 4.69) is 11.0 Å². The summed E-state index contributed by atoms with van der Waals surface area (Å²) in [4.78, 5) is 18.0. The average Bonchev–Trinajstić information content (AvgIpc) is 3.64. The molecule has 202 valence electrons. The van der Waals surface area contributed by atoms with Crippen molar-refractivity contribution in [2.75, 3.05) is 27.2 Å². The number of rotatable bonds is 6. The number of ether oxygens (including phenoxy) is 2. The molecule has 5 atom stereocenters. The zero-order chi connectivity index (χ0) is 26.4. The Balaban J connectivity index is 1.26. The lowest BCUT2D eigenvalue weighted by Crippen LogP contribution is -2.78. The first kappa shape index (κ1) is 25.0. The zero-order valence-corrected chi connectivity index (χ0v) is 23.4. The highest BCUT2D eigenvalue weighted by Gasteiger charge is 2.73. The van der Waals surface area contributed by atoms with E-state index >= 15 is 0 Å². The van der Waals surface area contributed by atoms with Crippen LogP contribution < -0.4 is 9.47 Å². The second kappa shape index (κ2) is 8.76. The Morgan fingerprint density at radius 1 is 1.18 bits per heavy atom. The van der Waals surface area contributed by atoms with Crippen molar-refractivity contribution in [1.82, 2.24) is 9.80 Å². The SMILES string of the molecule is COc1ccc2c3c1O[C@H]1[C@H](N(C)C(=O)Cc4ccc(Cl)c(Cl)c4)CC[C@@]4(O)[C@@H](C2)N(CC2CC2)CC[C@]314. The van der Waals surface area contributed by atoms with Gasteiger partial charge < -0.3 is 19.5 Å². The Kier molecular flexibility index (Phi) is 5.76. The van der Waals surface area contributed by atoms with Crippen molar-refractivity contribution in [2.24, 2.45) is 5.92 Å². The first-order chi connectivity index (χ1) is 18.3. The maximum Gasteiger partial charge on any atom is 0.227 e. The van der Waals surface area contributed by atoms with E-state index in [1.807, 2.05) is 24.1 Å². The lowest BCUT2D eigenvalue weighted by Gasteiger charge is -2.64. The number of amides is 1. The van der Waals surface area contributed by atoms with Gasteiger partial charge in [-0.2, -0.15) is 0 Å². The molecular weight excluding hydrogens is 523 g/mol. The summed E-state index contributed by atoms with van der Waals surface area (Å²) in [5, 5.41) is 13.6. The van der Waals surface area contributed by atoms with Crippen LogP contribution in [0.1, 0.15) is 48.8 Å². The van der Waals surface area contributed by atoms with Crippen LogP contribution in [-0.4, -0.2) is 71.8 Å². The third-order valence-corrected chi connectivity index (χ3v) is 10.9. The summed E-state index contributed by atoms with van der Waals surface area (Å²) in [5.41, 5.74) is 1.74. The highest BCUT2D eigenvalue weighted by atomic mass is 35.5. The number of methoxy groups -OCH3 is 1. The third-order valence-electron chi connectivity index (χ3n) is 10.2. The van der Waals surface area contributed by atoms with Crippen LogP contribution in [0.3, 0.4) is 0 Å².